The van der Waals surface area contributed by atoms with Crippen LogP contribution < -0.4 is 9.64 Å². The van der Waals surface area contributed by atoms with Gasteiger partial charge in [-0.3, -0.25) is 14.7 Å². The predicted octanol–water partition coefficient (Wildman–Crippen LogP) is 4.64. The van der Waals surface area contributed by atoms with Gasteiger partial charge in [0.2, 0.25) is 15.9 Å². The van der Waals surface area contributed by atoms with Crippen LogP contribution >= 0.6 is 11.3 Å². The molecule has 8 nitrogen and oxygen atoms in total. The Kier molecular flexibility index (Phi) is 7.23. The predicted molar refractivity (Wildman–Crippen MR) is 144 cm³/mol. The summed E-state index contributed by atoms with van der Waals surface area (Å²) in [7, 11) is -2.10. The van der Waals surface area contributed by atoms with Crippen LogP contribution in [0.25, 0.3) is 10.2 Å². The monoisotopic (exact) mass is 536 g/mol. The molecule has 2 aromatic heterocycles. The van der Waals surface area contributed by atoms with E-state index in [0.29, 0.717) is 30.3 Å². The summed E-state index contributed by atoms with van der Waals surface area (Å²) in [4.78, 5) is 25.0. The first kappa shape index (κ1) is 25.3. The van der Waals surface area contributed by atoms with Crippen LogP contribution in [-0.2, 0) is 21.4 Å². The number of thiazole rings is 1. The number of ether oxygens (including phenoxy) is 1. The third-order valence-electron chi connectivity index (χ3n) is 6.52. The SMILES string of the molecule is COc1ccc2sc(N(Cc3ccccn3)C(=O)C3CCCN(S(=O)(=O)c4ccc(C)cc4)C3)nc2c1. The maximum atomic E-state index is 14.0. The molecule has 2 aromatic carbocycles. The number of carbonyl (C=O) groups excluding carboxylic acids is 1. The number of nitrogens with zero attached hydrogens (tertiary/aromatic N) is 4. The molecular weight excluding hydrogens is 508 g/mol. The first-order chi connectivity index (χ1) is 17.8. The number of hydrogen-bond acceptors (Lipinski definition) is 7. The minimum Gasteiger partial charge on any atom is -0.497 e. The molecule has 1 amide bonds. The lowest BCUT2D eigenvalue weighted by Crippen LogP contribution is -2.46. The maximum Gasteiger partial charge on any atom is 0.243 e. The Bertz CT molecular complexity index is 1500. The molecule has 5 rings (SSSR count). The smallest absolute Gasteiger partial charge is 0.243 e. The van der Waals surface area contributed by atoms with Crippen molar-refractivity contribution in [3.8, 4) is 5.75 Å². The number of amides is 1. The average molecular weight is 537 g/mol. The van der Waals surface area contributed by atoms with Crippen molar-refractivity contribution in [1.29, 1.82) is 0 Å². The van der Waals surface area contributed by atoms with Gasteiger partial charge in [0.25, 0.3) is 0 Å². The molecule has 1 aliphatic rings. The van der Waals surface area contributed by atoms with E-state index in [4.69, 9.17) is 9.72 Å². The van der Waals surface area contributed by atoms with E-state index < -0.39 is 15.9 Å². The maximum absolute atomic E-state index is 14.0. The zero-order chi connectivity index (χ0) is 26.0. The lowest BCUT2D eigenvalue weighted by Gasteiger charge is -2.33. The van der Waals surface area contributed by atoms with Crippen molar-refractivity contribution in [3.05, 3.63) is 78.1 Å². The van der Waals surface area contributed by atoms with Crippen LogP contribution in [0.15, 0.2) is 71.8 Å². The van der Waals surface area contributed by atoms with Crippen LogP contribution in [0.2, 0.25) is 0 Å². The molecule has 1 atom stereocenters. The minimum atomic E-state index is -3.70. The molecular formula is C27H28N4O4S2. The number of aryl methyl sites for hydroxylation is 1. The third kappa shape index (κ3) is 5.36. The largest absolute Gasteiger partial charge is 0.497 e. The molecule has 1 saturated heterocycles. The highest BCUT2D eigenvalue weighted by Gasteiger charge is 2.36. The van der Waals surface area contributed by atoms with Crippen molar-refractivity contribution in [1.82, 2.24) is 14.3 Å². The molecule has 1 unspecified atom stereocenters. The molecule has 0 radical (unpaired) electrons. The molecule has 1 aliphatic heterocycles. The van der Waals surface area contributed by atoms with E-state index in [0.717, 1.165) is 21.5 Å². The van der Waals surface area contributed by atoms with Gasteiger partial charge in [0.1, 0.15) is 5.75 Å². The molecule has 0 aliphatic carbocycles. The van der Waals surface area contributed by atoms with Crippen LogP contribution in [0.3, 0.4) is 0 Å². The first-order valence-electron chi connectivity index (χ1n) is 12.1. The lowest BCUT2D eigenvalue weighted by atomic mass is 9.98. The summed E-state index contributed by atoms with van der Waals surface area (Å²) in [6, 6.07) is 18.0. The second-order valence-electron chi connectivity index (χ2n) is 9.09. The molecule has 0 spiro atoms. The summed E-state index contributed by atoms with van der Waals surface area (Å²) in [5.74, 6) is 0.0518. The van der Waals surface area contributed by atoms with Gasteiger partial charge in [-0.25, -0.2) is 13.4 Å². The Hall–Kier alpha value is -3.34. The molecule has 10 heteroatoms. The standard InChI is InChI=1S/C27H28N4O4S2/c1-19-8-11-23(12-9-19)37(33,34)30-15-5-6-20(17-30)26(32)31(18-21-7-3-4-14-28-21)27-29-24-16-22(35-2)10-13-25(24)36-27/h3-4,7-14,16,20H,5-6,15,17-18H2,1-2H3. The van der Waals surface area contributed by atoms with Crippen molar-refractivity contribution < 1.29 is 17.9 Å². The summed E-state index contributed by atoms with van der Waals surface area (Å²) in [6.45, 7) is 2.69. The van der Waals surface area contributed by atoms with Crippen molar-refractivity contribution in [2.45, 2.75) is 31.2 Å². The summed E-state index contributed by atoms with van der Waals surface area (Å²) in [6.07, 6.45) is 2.91. The lowest BCUT2D eigenvalue weighted by molar-refractivity contribution is -0.123. The first-order valence-corrected chi connectivity index (χ1v) is 14.3. The minimum absolute atomic E-state index is 0.131. The molecule has 0 N–H and O–H groups in total. The van der Waals surface area contributed by atoms with Gasteiger partial charge in [-0.2, -0.15) is 4.31 Å². The van der Waals surface area contributed by atoms with E-state index in [2.05, 4.69) is 4.98 Å². The van der Waals surface area contributed by atoms with Crippen LogP contribution in [0.1, 0.15) is 24.1 Å². The number of aromatic nitrogens is 2. The number of anilines is 1. The number of pyridine rings is 1. The zero-order valence-corrected chi connectivity index (χ0v) is 22.3. The van der Waals surface area contributed by atoms with Gasteiger partial charge in [-0.1, -0.05) is 35.1 Å². The van der Waals surface area contributed by atoms with Crippen molar-refractivity contribution >= 4 is 42.6 Å². The Balaban J connectivity index is 1.45. The number of rotatable bonds is 7. The van der Waals surface area contributed by atoms with Crippen LogP contribution in [0.4, 0.5) is 5.13 Å². The van der Waals surface area contributed by atoms with Gasteiger partial charge in [-0.05, 0) is 56.2 Å². The van der Waals surface area contributed by atoms with Gasteiger partial charge in [0, 0.05) is 25.4 Å². The second kappa shape index (κ2) is 10.6. The van der Waals surface area contributed by atoms with Crippen molar-refractivity contribution in [2.75, 3.05) is 25.1 Å². The number of benzene rings is 2. The Morgan fingerprint density at radius 2 is 1.97 bits per heavy atom. The van der Waals surface area contributed by atoms with Crippen LogP contribution in [0.5, 0.6) is 5.75 Å². The third-order valence-corrected chi connectivity index (χ3v) is 9.46. The highest BCUT2D eigenvalue weighted by molar-refractivity contribution is 7.89. The number of hydrogen-bond donors (Lipinski definition) is 0. The fraction of sp³-hybridized carbons (Fsp3) is 0.296. The fourth-order valence-electron chi connectivity index (χ4n) is 4.47. The number of fused-ring (bicyclic) bond motifs is 1. The van der Waals surface area contributed by atoms with Gasteiger partial charge in [0.15, 0.2) is 5.13 Å². The van der Waals surface area contributed by atoms with Crippen LogP contribution in [0, 0.1) is 12.8 Å². The number of sulfonamides is 1. The fourth-order valence-corrected chi connectivity index (χ4v) is 6.95. The number of methoxy groups -OCH3 is 1. The van der Waals surface area contributed by atoms with E-state index in [1.807, 2.05) is 43.3 Å². The Morgan fingerprint density at radius 3 is 2.70 bits per heavy atom. The summed E-state index contributed by atoms with van der Waals surface area (Å²) in [5, 5.41) is 0.553. The quantitative estimate of drug-likeness (QED) is 0.342. The highest BCUT2D eigenvalue weighted by atomic mass is 32.2. The van der Waals surface area contributed by atoms with Crippen molar-refractivity contribution in [3.63, 3.8) is 0 Å². The van der Waals surface area contributed by atoms with E-state index in [1.165, 1.54) is 15.6 Å². The molecule has 0 bridgehead atoms. The second-order valence-corrected chi connectivity index (χ2v) is 12.0. The van der Waals surface area contributed by atoms with Gasteiger partial charge in [-0.15, -0.1) is 0 Å². The zero-order valence-electron chi connectivity index (χ0n) is 20.7. The number of carbonyl (C=O) groups is 1. The van der Waals surface area contributed by atoms with Crippen LogP contribution in [-0.4, -0.2) is 48.8 Å². The average Bonchev–Trinajstić information content (AvgIpc) is 3.35. The van der Waals surface area contributed by atoms with Gasteiger partial charge < -0.3 is 4.74 Å². The summed E-state index contributed by atoms with van der Waals surface area (Å²) >= 11 is 1.42. The molecule has 1 fully saturated rings. The molecule has 0 saturated carbocycles. The van der Waals surface area contributed by atoms with E-state index in [-0.39, 0.29) is 23.9 Å². The van der Waals surface area contributed by atoms with E-state index in [1.54, 1.807) is 42.5 Å². The topological polar surface area (TPSA) is 92.7 Å². The summed E-state index contributed by atoms with van der Waals surface area (Å²) < 4.78 is 34.4. The molecule has 4 aromatic rings. The molecule has 192 valence electrons. The summed E-state index contributed by atoms with van der Waals surface area (Å²) in [5.41, 5.74) is 2.46. The molecule has 37 heavy (non-hydrogen) atoms. The number of piperidine rings is 1. The van der Waals surface area contributed by atoms with E-state index >= 15 is 0 Å². The molecule has 3 heterocycles. The van der Waals surface area contributed by atoms with Gasteiger partial charge >= 0.3 is 0 Å². The Morgan fingerprint density at radius 1 is 1.16 bits per heavy atom. The van der Waals surface area contributed by atoms with Gasteiger partial charge in [0.05, 0.1) is 40.4 Å². The highest BCUT2D eigenvalue weighted by Crippen LogP contribution is 2.34. The van der Waals surface area contributed by atoms with Crippen molar-refractivity contribution in [2.24, 2.45) is 5.92 Å². The Labute approximate surface area is 220 Å². The van der Waals surface area contributed by atoms with E-state index in [9.17, 15) is 13.2 Å². The normalized spacial score (nSPS) is 16.5.